The van der Waals surface area contributed by atoms with Crippen molar-refractivity contribution in [2.75, 3.05) is 44.0 Å². The van der Waals surface area contributed by atoms with Gasteiger partial charge in [-0.3, -0.25) is 34.5 Å². The third-order valence-electron chi connectivity index (χ3n) is 10.8. The van der Waals surface area contributed by atoms with Crippen LogP contribution in [-0.4, -0.2) is 95.7 Å². The maximum Gasteiger partial charge on any atom is 0.279 e. The Labute approximate surface area is 366 Å². The number of nitrogens with two attached hydrogens (primary N) is 2. The van der Waals surface area contributed by atoms with E-state index in [0.29, 0.717) is 45.9 Å². The van der Waals surface area contributed by atoms with E-state index in [1.165, 1.54) is 61.4 Å². The highest BCUT2D eigenvalue weighted by molar-refractivity contribution is 7.13. The minimum atomic E-state index is -0.781. The average Bonchev–Trinajstić information content (AvgIpc) is 4.01. The Morgan fingerprint density at radius 1 is 0.841 bits per heavy atom. The molecule has 5 heterocycles. The summed E-state index contributed by atoms with van der Waals surface area (Å²) in [5.41, 5.74) is 13.8. The van der Waals surface area contributed by atoms with Crippen LogP contribution in [0.15, 0.2) is 36.4 Å². The molecule has 6 aromatic rings. The van der Waals surface area contributed by atoms with E-state index in [9.17, 15) is 19.2 Å². The third-order valence-corrected chi connectivity index (χ3v) is 11.8. The van der Waals surface area contributed by atoms with Crippen molar-refractivity contribution in [2.24, 2.45) is 11.5 Å². The van der Waals surface area contributed by atoms with Crippen LogP contribution in [0, 0.1) is 19.7 Å². The molecule has 0 unspecified atom stereocenters. The van der Waals surface area contributed by atoms with E-state index in [0.717, 1.165) is 31.1 Å². The standard InChI is InChI=1S/C43H51FN12O6S/c1-6-28-37(63-25(4)47-28)41(60)51-43-49-30-21-27(39(46)58)23-32(62-19-13-16-53-14-9-8-10-15-53)35(30)55(43)18-12-11-17-54-34-29(20-26(38(45)57)22-31(34)61-5)48-42(54)50-40(59)36-33(44)24(3)52-56(36)7-2/h11-12,20-23H,6-10,13-19H2,1-5H3,(H2,45,57)(H2,46,58)(H,48,50,59)(H,49,51,60)/b12-11+. The van der Waals surface area contributed by atoms with Crippen molar-refractivity contribution in [1.29, 1.82) is 0 Å². The Kier molecular flexibility index (Phi) is 13.5. The Morgan fingerprint density at radius 2 is 1.43 bits per heavy atom. The number of allylic oxidation sites excluding steroid dienone is 2. The quantitative estimate of drug-likeness (QED) is 0.0613. The number of likely N-dealkylation sites (tertiary alicyclic amines) is 1. The molecule has 0 radical (unpaired) electrons. The lowest BCUT2D eigenvalue weighted by molar-refractivity contribution is 0.0991. The summed E-state index contributed by atoms with van der Waals surface area (Å²) in [6, 6.07) is 6.11. The van der Waals surface area contributed by atoms with Gasteiger partial charge in [-0.15, -0.1) is 11.3 Å². The molecule has 1 fully saturated rings. The fourth-order valence-electron chi connectivity index (χ4n) is 7.78. The van der Waals surface area contributed by atoms with Crippen LogP contribution < -0.4 is 31.6 Å². The Balaban J connectivity index is 1.26. The molecule has 4 amide bonds. The lowest BCUT2D eigenvalue weighted by Crippen LogP contribution is -2.31. The first-order valence-corrected chi connectivity index (χ1v) is 21.7. The maximum absolute atomic E-state index is 15.2. The molecule has 7 rings (SSSR count). The lowest BCUT2D eigenvalue weighted by Gasteiger charge is -2.26. The first kappa shape index (κ1) is 44.4. The number of primary amides is 2. The molecule has 2 aromatic carbocycles. The highest BCUT2D eigenvalue weighted by Crippen LogP contribution is 2.34. The SMILES string of the molecule is CCc1nc(C)sc1C(=O)Nc1nc2cc(C(N)=O)cc(OCCCN3CCCCC3)c2n1C/C=C/Cn1c(NC(=O)c2c(F)c(C)nn2CC)nc2cc(C(N)=O)cc(OC)c21. The first-order chi connectivity index (χ1) is 30.3. The molecule has 6 N–H and O–H groups in total. The summed E-state index contributed by atoms with van der Waals surface area (Å²) in [5.74, 6) is -2.44. The summed E-state index contributed by atoms with van der Waals surface area (Å²) in [6.45, 7) is 10.8. The van der Waals surface area contributed by atoms with Crippen molar-refractivity contribution < 1.29 is 33.0 Å². The van der Waals surface area contributed by atoms with Gasteiger partial charge in [0.1, 0.15) is 27.4 Å². The second-order valence-corrected chi connectivity index (χ2v) is 16.3. The van der Waals surface area contributed by atoms with E-state index < -0.39 is 23.5 Å². The summed E-state index contributed by atoms with van der Waals surface area (Å²) in [7, 11) is 1.43. The van der Waals surface area contributed by atoms with E-state index in [2.05, 4.69) is 30.6 Å². The van der Waals surface area contributed by atoms with Gasteiger partial charge in [0.05, 0.1) is 41.1 Å². The summed E-state index contributed by atoms with van der Waals surface area (Å²) >= 11 is 1.28. The topological polar surface area (TPSA) is 232 Å². The molecule has 63 heavy (non-hydrogen) atoms. The summed E-state index contributed by atoms with van der Waals surface area (Å²) in [6.07, 6.45) is 8.51. The number of rotatable bonds is 18. The fourth-order valence-corrected chi connectivity index (χ4v) is 8.68. The number of nitrogens with one attached hydrogen (secondary N) is 2. The number of amides is 4. The number of nitrogens with zero attached hydrogens (tertiary/aromatic N) is 8. The predicted octanol–water partition coefficient (Wildman–Crippen LogP) is 5.60. The number of piperidine rings is 1. The number of thiazole rings is 1. The van der Waals surface area contributed by atoms with E-state index in [-0.39, 0.29) is 71.2 Å². The number of hydrogen-bond acceptors (Lipinski definition) is 12. The Hall–Kier alpha value is -6.67. The van der Waals surface area contributed by atoms with E-state index >= 15 is 4.39 Å². The molecule has 0 spiro atoms. The molecule has 18 nitrogen and oxygen atoms in total. The number of imidazole rings is 2. The maximum atomic E-state index is 15.2. The van der Waals surface area contributed by atoms with Crippen LogP contribution in [0.3, 0.4) is 0 Å². The fraction of sp³-hybridized carbons (Fsp3) is 0.395. The number of benzene rings is 2. The van der Waals surface area contributed by atoms with Gasteiger partial charge < -0.3 is 35.0 Å². The van der Waals surface area contributed by atoms with Crippen molar-refractivity contribution in [3.63, 3.8) is 0 Å². The van der Waals surface area contributed by atoms with Crippen LogP contribution in [0.2, 0.25) is 0 Å². The normalized spacial score (nSPS) is 13.3. The van der Waals surface area contributed by atoms with Crippen LogP contribution in [-0.2, 0) is 26.1 Å². The second-order valence-electron chi connectivity index (χ2n) is 15.1. The summed E-state index contributed by atoms with van der Waals surface area (Å²) in [4.78, 5) is 69.1. The molecule has 1 saturated heterocycles. The molecule has 1 aliphatic heterocycles. The van der Waals surface area contributed by atoms with Crippen molar-refractivity contribution in [3.8, 4) is 11.5 Å². The zero-order chi connectivity index (χ0) is 44.9. The zero-order valence-electron chi connectivity index (χ0n) is 35.9. The van der Waals surface area contributed by atoms with Gasteiger partial charge in [-0.25, -0.2) is 19.3 Å². The van der Waals surface area contributed by atoms with E-state index in [1.807, 2.05) is 19.9 Å². The van der Waals surface area contributed by atoms with Crippen LogP contribution in [0.1, 0.15) is 96.8 Å². The number of aryl methyl sites for hydroxylation is 4. The number of hydrogen-bond donors (Lipinski definition) is 4. The van der Waals surface area contributed by atoms with Crippen molar-refractivity contribution in [3.05, 3.63) is 80.3 Å². The van der Waals surface area contributed by atoms with Crippen LogP contribution >= 0.6 is 11.3 Å². The summed E-state index contributed by atoms with van der Waals surface area (Å²) in [5, 5.41) is 10.6. The highest BCUT2D eigenvalue weighted by Gasteiger charge is 2.26. The smallest absolute Gasteiger partial charge is 0.279 e. The Morgan fingerprint density at radius 3 is 2.00 bits per heavy atom. The van der Waals surface area contributed by atoms with Crippen LogP contribution in [0.25, 0.3) is 22.1 Å². The number of fused-ring (bicyclic) bond motifs is 2. The monoisotopic (exact) mass is 882 g/mol. The molecule has 1 aliphatic rings. The van der Waals surface area contributed by atoms with E-state index in [4.69, 9.17) is 25.9 Å². The number of aromatic nitrogens is 7. The van der Waals surface area contributed by atoms with Gasteiger partial charge >= 0.3 is 0 Å². The number of carbonyl (C=O) groups is 4. The van der Waals surface area contributed by atoms with Gasteiger partial charge in [0.15, 0.2) is 11.5 Å². The van der Waals surface area contributed by atoms with Gasteiger partial charge in [-0.05, 0) is 83.8 Å². The van der Waals surface area contributed by atoms with Crippen molar-refractivity contribution in [2.45, 2.75) is 79.4 Å². The zero-order valence-corrected chi connectivity index (χ0v) is 36.7. The molecule has 0 atom stereocenters. The third kappa shape index (κ3) is 9.41. The molecule has 20 heteroatoms. The number of carbonyl (C=O) groups excluding carboxylic acids is 4. The van der Waals surface area contributed by atoms with Crippen molar-refractivity contribution in [1.82, 2.24) is 38.8 Å². The first-order valence-electron chi connectivity index (χ1n) is 20.9. The minimum absolute atomic E-state index is 0.0345. The number of anilines is 2. The minimum Gasteiger partial charge on any atom is -0.494 e. The number of halogens is 1. The van der Waals surface area contributed by atoms with Gasteiger partial charge in [0.25, 0.3) is 11.8 Å². The lowest BCUT2D eigenvalue weighted by atomic mass is 10.1. The van der Waals surface area contributed by atoms with Gasteiger partial charge in [-0.2, -0.15) is 5.10 Å². The molecule has 0 bridgehead atoms. The van der Waals surface area contributed by atoms with E-state index in [1.54, 1.807) is 34.3 Å². The van der Waals surface area contributed by atoms with Gasteiger partial charge in [0, 0.05) is 37.3 Å². The Bertz CT molecular complexity index is 2740. The molecular formula is C43H51FN12O6S. The van der Waals surface area contributed by atoms with Gasteiger partial charge in [-0.1, -0.05) is 25.5 Å². The highest BCUT2D eigenvalue weighted by atomic mass is 32.1. The largest absolute Gasteiger partial charge is 0.494 e. The predicted molar refractivity (Wildman–Crippen MR) is 237 cm³/mol. The number of ether oxygens (including phenoxy) is 2. The second kappa shape index (κ2) is 19.2. The molecular weight excluding hydrogens is 832 g/mol. The molecule has 0 saturated carbocycles. The van der Waals surface area contributed by atoms with Crippen molar-refractivity contribution >= 4 is 68.9 Å². The van der Waals surface area contributed by atoms with Crippen LogP contribution in [0.5, 0.6) is 11.5 Å². The molecule has 0 aliphatic carbocycles. The summed E-state index contributed by atoms with van der Waals surface area (Å²) < 4.78 is 32.0. The van der Waals surface area contributed by atoms with Crippen LogP contribution in [0.4, 0.5) is 16.3 Å². The molecule has 4 aromatic heterocycles. The molecule has 332 valence electrons. The van der Waals surface area contributed by atoms with Gasteiger partial charge in [0.2, 0.25) is 23.7 Å². The number of methoxy groups -OCH3 is 1. The average molecular weight is 883 g/mol.